The Labute approximate surface area is 89.3 Å². The molecule has 1 saturated heterocycles. The molecule has 2 rings (SSSR count). The van der Waals surface area contributed by atoms with Gasteiger partial charge in [0.1, 0.15) is 0 Å². The van der Waals surface area contributed by atoms with Crippen molar-refractivity contribution in [3.05, 3.63) is 0 Å². The van der Waals surface area contributed by atoms with Gasteiger partial charge in [-0.15, -0.1) is 0 Å². The molecule has 0 bridgehead atoms. The van der Waals surface area contributed by atoms with E-state index in [0.717, 1.165) is 19.5 Å². The number of amides is 1. The summed E-state index contributed by atoms with van der Waals surface area (Å²) in [6.07, 6.45) is 2.77. The van der Waals surface area contributed by atoms with Crippen LogP contribution in [0.3, 0.4) is 0 Å². The van der Waals surface area contributed by atoms with Crippen LogP contribution in [-0.4, -0.2) is 35.0 Å². The number of nitrogens with zero attached hydrogens (tertiary/aromatic N) is 1. The molecule has 1 heterocycles. The second-order valence-electron chi connectivity index (χ2n) is 4.82. The van der Waals surface area contributed by atoms with E-state index in [1.807, 2.05) is 4.90 Å². The molecule has 2 aliphatic rings. The summed E-state index contributed by atoms with van der Waals surface area (Å²) in [6, 6.07) is 0. The van der Waals surface area contributed by atoms with E-state index in [4.69, 9.17) is 5.11 Å². The summed E-state index contributed by atoms with van der Waals surface area (Å²) in [5.74, 6) is -0.834. The third-order valence-corrected chi connectivity index (χ3v) is 3.39. The molecule has 3 atom stereocenters. The maximum absolute atomic E-state index is 11.9. The summed E-state index contributed by atoms with van der Waals surface area (Å²) in [7, 11) is 0. The van der Waals surface area contributed by atoms with Gasteiger partial charge >= 0.3 is 5.97 Å². The van der Waals surface area contributed by atoms with Gasteiger partial charge in [-0.3, -0.25) is 9.59 Å². The van der Waals surface area contributed by atoms with Gasteiger partial charge in [-0.05, 0) is 25.2 Å². The zero-order valence-corrected chi connectivity index (χ0v) is 8.98. The fourth-order valence-corrected chi connectivity index (χ4v) is 2.36. The van der Waals surface area contributed by atoms with E-state index in [-0.39, 0.29) is 11.8 Å². The number of carbonyl (C=O) groups excluding carboxylic acids is 1. The summed E-state index contributed by atoms with van der Waals surface area (Å²) in [5.41, 5.74) is 0. The molecule has 1 saturated carbocycles. The number of rotatable bonds is 2. The first-order valence-electron chi connectivity index (χ1n) is 5.61. The number of aliphatic carboxylic acids is 1. The number of carbonyl (C=O) groups is 2. The average Bonchev–Trinajstić information content (AvgIpc) is 2.96. The van der Waals surface area contributed by atoms with Crippen LogP contribution in [0.2, 0.25) is 0 Å². The Bertz CT molecular complexity index is 290. The molecular weight excluding hydrogens is 194 g/mol. The van der Waals surface area contributed by atoms with Crippen molar-refractivity contribution in [3.63, 3.8) is 0 Å². The van der Waals surface area contributed by atoms with Gasteiger partial charge in [-0.25, -0.2) is 0 Å². The Hall–Kier alpha value is -1.06. The first-order valence-corrected chi connectivity index (χ1v) is 5.61. The Morgan fingerprint density at radius 2 is 2.07 bits per heavy atom. The Kier molecular flexibility index (Phi) is 2.67. The van der Waals surface area contributed by atoms with Gasteiger partial charge in [0.25, 0.3) is 0 Å². The Morgan fingerprint density at radius 1 is 1.33 bits per heavy atom. The molecule has 0 aromatic heterocycles. The highest BCUT2D eigenvalue weighted by Gasteiger charge is 2.49. The summed E-state index contributed by atoms with van der Waals surface area (Å²) in [4.78, 5) is 24.4. The van der Waals surface area contributed by atoms with Crippen LogP contribution in [0.25, 0.3) is 0 Å². The van der Waals surface area contributed by atoms with Crippen LogP contribution in [0.5, 0.6) is 0 Å². The lowest BCUT2D eigenvalue weighted by Crippen LogP contribution is -2.40. The predicted octanol–water partition coefficient (Wildman–Crippen LogP) is 0.966. The van der Waals surface area contributed by atoms with Gasteiger partial charge in [0, 0.05) is 13.1 Å². The van der Waals surface area contributed by atoms with Crippen LogP contribution in [0.4, 0.5) is 0 Å². The van der Waals surface area contributed by atoms with Gasteiger partial charge in [0.15, 0.2) is 0 Å². The molecule has 2 fully saturated rings. The molecular formula is C11H17NO3. The molecule has 15 heavy (non-hydrogen) atoms. The largest absolute Gasteiger partial charge is 0.481 e. The van der Waals surface area contributed by atoms with Crippen LogP contribution in [0, 0.1) is 17.8 Å². The average molecular weight is 211 g/mol. The zero-order valence-electron chi connectivity index (χ0n) is 8.98. The van der Waals surface area contributed by atoms with Crippen molar-refractivity contribution >= 4 is 11.9 Å². The van der Waals surface area contributed by atoms with Crippen molar-refractivity contribution in [3.8, 4) is 0 Å². The minimum absolute atomic E-state index is 0.0638. The Morgan fingerprint density at radius 3 is 2.60 bits per heavy atom. The zero-order chi connectivity index (χ0) is 11.0. The number of piperidine rings is 1. The molecule has 0 radical (unpaired) electrons. The van der Waals surface area contributed by atoms with Crippen molar-refractivity contribution in [1.82, 2.24) is 4.90 Å². The lowest BCUT2D eigenvalue weighted by atomic mass is 10.00. The molecule has 4 heteroatoms. The van der Waals surface area contributed by atoms with Crippen LogP contribution in [0.15, 0.2) is 0 Å². The van der Waals surface area contributed by atoms with Gasteiger partial charge in [-0.1, -0.05) is 6.92 Å². The molecule has 1 aliphatic heterocycles. The normalized spacial score (nSPS) is 35.0. The van der Waals surface area contributed by atoms with E-state index in [0.29, 0.717) is 12.3 Å². The summed E-state index contributed by atoms with van der Waals surface area (Å²) in [5, 5.41) is 8.75. The van der Waals surface area contributed by atoms with Gasteiger partial charge in [-0.2, -0.15) is 0 Å². The van der Waals surface area contributed by atoms with E-state index < -0.39 is 11.9 Å². The van der Waals surface area contributed by atoms with Crippen molar-refractivity contribution in [1.29, 1.82) is 0 Å². The summed E-state index contributed by atoms with van der Waals surface area (Å²) < 4.78 is 0. The fraction of sp³-hybridized carbons (Fsp3) is 0.818. The van der Waals surface area contributed by atoms with Crippen LogP contribution >= 0.6 is 0 Å². The predicted molar refractivity (Wildman–Crippen MR) is 54.2 cm³/mol. The van der Waals surface area contributed by atoms with Crippen LogP contribution < -0.4 is 0 Å². The molecule has 0 unspecified atom stereocenters. The minimum atomic E-state index is -0.821. The van der Waals surface area contributed by atoms with Crippen LogP contribution in [0.1, 0.15) is 26.2 Å². The monoisotopic (exact) mass is 211 g/mol. The van der Waals surface area contributed by atoms with Gasteiger partial charge < -0.3 is 10.0 Å². The highest BCUT2D eigenvalue weighted by molar-refractivity contribution is 5.89. The number of hydrogen-bond donors (Lipinski definition) is 1. The fourth-order valence-electron chi connectivity index (χ4n) is 2.36. The van der Waals surface area contributed by atoms with E-state index in [1.54, 1.807) is 0 Å². The quantitative estimate of drug-likeness (QED) is 0.740. The first-order chi connectivity index (χ1) is 7.09. The minimum Gasteiger partial charge on any atom is -0.481 e. The molecule has 0 aromatic carbocycles. The third kappa shape index (κ3) is 2.13. The highest BCUT2D eigenvalue weighted by atomic mass is 16.4. The second kappa shape index (κ2) is 3.83. The summed E-state index contributed by atoms with van der Waals surface area (Å²) >= 11 is 0. The second-order valence-corrected chi connectivity index (χ2v) is 4.82. The standard InChI is InChI=1S/C11H17NO3/c1-7-3-2-4-12(6-7)10(13)8-5-9(8)11(14)15/h7-9H,2-6H2,1H3,(H,14,15)/t7-,8-,9+/m1/s1. The number of likely N-dealkylation sites (tertiary alicyclic amines) is 1. The molecule has 1 amide bonds. The highest BCUT2D eigenvalue weighted by Crippen LogP contribution is 2.40. The maximum Gasteiger partial charge on any atom is 0.307 e. The number of hydrogen-bond acceptors (Lipinski definition) is 2. The van der Waals surface area contributed by atoms with E-state index in [2.05, 4.69) is 6.92 Å². The number of carboxylic acid groups (broad SMARTS) is 1. The molecule has 0 spiro atoms. The molecule has 84 valence electrons. The summed E-state index contributed by atoms with van der Waals surface area (Å²) in [6.45, 7) is 3.76. The first kappa shape index (κ1) is 10.5. The van der Waals surface area contributed by atoms with E-state index >= 15 is 0 Å². The molecule has 4 nitrogen and oxygen atoms in total. The topological polar surface area (TPSA) is 57.6 Å². The van der Waals surface area contributed by atoms with Gasteiger partial charge in [0.05, 0.1) is 11.8 Å². The Balaban J connectivity index is 1.89. The third-order valence-electron chi connectivity index (χ3n) is 3.39. The molecule has 0 aromatic rings. The van der Waals surface area contributed by atoms with Crippen molar-refractivity contribution in [2.45, 2.75) is 26.2 Å². The van der Waals surface area contributed by atoms with E-state index in [1.165, 1.54) is 6.42 Å². The molecule has 1 N–H and O–H groups in total. The lowest BCUT2D eigenvalue weighted by molar-refractivity contribution is -0.142. The maximum atomic E-state index is 11.9. The molecule has 1 aliphatic carbocycles. The number of carboxylic acids is 1. The van der Waals surface area contributed by atoms with Crippen molar-refractivity contribution in [2.24, 2.45) is 17.8 Å². The van der Waals surface area contributed by atoms with Crippen molar-refractivity contribution in [2.75, 3.05) is 13.1 Å². The van der Waals surface area contributed by atoms with E-state index in [9.17, 15) is 9.59 Å². The van der Waals surface area contributed by atoms with Crippen molar-refractivity contribution < 1.29 is 14.7 Å². The van der Waals surface area contributed by atoms with Gasteiger partial charge in [0.2, 0.25) is 5.91 Å². The van der Waals surface area contributed by atoms with Crippen LogP contribution in [-0.2, 0) is 9.59 Å². The lowest BCUT2D eigenvalue weighted by Gasteiger charge is -2.31. The SMILES string of the molecule is C[C@@H]1CCCN(C(=O)[C@@H]2C[C@@H]2C(=O)O)C1. The smallest absolute Gasteiger partial charge is 0.307 e.